The van der Waals surface area contributed by atoms with Crippen molar-refractivity contribution in [2.75, 3.05) is 44.1 Å². The van der Waals surface area contributed by atoms with Gasteiger partial charge in [0.15, 0.2) is 0 Å². The first kappa shape index (κ1) is 20.4. The van der Waals surface area contributed by atoms with Gasteiger partial charge in [-0.3, -0.25) is 19.7 Å². The van der Waals surface area contributed by atoms with E-state index in [-0.39, 0.29) is 37.5 Å². The number of hydrogen-bond acceptors (Lipinski definition) is 7. The molecule has 0 radical (unpaired) electrons. The van der Waals surface area contributed by atoms with Crippen molar-refractivity contribution in [1.29, 1.82) is 0 Å². The molecule has 3 aliphatic rings. The molecule has 0 spiro atoms. The highest BCUT2D eigenvalue weighted by molar-refractivity contribution is 7.99. The summed E-state index contributed by atoms with van der Waals surface area (Å²) in [6, 6.07) is -1.99. The molecule has 0 bridgehead atoms. The van der Waals surface area contributed by atoms with Crippen LogP contribution < -0.4 is 16.0 Å². The molecule has 0 aliphatic carbocycles. The Morgan fingerprint density at radius 2 is 2.07 bits per heavy atom. The number of nitrogens with one attached hydrogen (secondary N) is 3. The Kier molecular flexibility index (Phi) is 6.28. The minimum atomic E-state index is -3.49. The van der Waals surface area contributed by atoms with Gasteiger partial charge in [0.25, 0.3) is 0 Å². The number of sulfonamides is 1. The molecule has 3 unspecified atom stereocenters. The number of piperidine rings is 1. The van der Waals surface area contributed by atoms with E-state index in [4.69, 9.17) is 0 Å². The lowest BCUT2D eigenvalue weighted by Gasteiger charge is -2.41. The fourth-order valence-corrected chi connectivity index (χ4v) is 5.24. The summed E-state index contributed by atoms with van der Waals surface area (Å²) in [5.41, 5.74) is 0. The standard InChI is InChI=1S/C15H25N5O5S2/c1-27(24,25)19-5-6-20(15(23)11-8-26-9-17-11)12(7-19)14(22)18-10-3-2-4-16-13(10)21/h10-12,17H,2-9H2,1H3,(H,16,21)(H,18,22). The lowest BCUT2D eigenvalue weighted by Crippen LogP contribution is -2.65. The van der Waals surface area contributed by atoms with Crippen LogP contribution in [0.25, 0.3) is 0 Å². The van der Waals surface area contributed by atoms with Crippen LogP contribution in [0.3, 0.4) is 0 Å². The summed E-state index contributed by atoms with van der Waals surface area (Å²) >= 11 is 1.60. The van der Waals surface area contributed by atoms with Crippen molar-refractivity contribution in [2.24, 2.45) is 0 Å². The fraction of sp³-hybridized carbons (Fsp3) is 0.800. The van der Waals surface area contributed by atoms with Gasteiger partial charge >= 0.3 is 0 Å². The van der Waals surface area contributed by atoms with Crippen LogP contribution in [0.5, 0.6) is 0 Å². The monoisotopic (exact) mass is 419 g/mol. The molecule has 3 saturated heterocycles. The third-order valence-corrected chi connectivity index (χ3v) is 7.22. The molecule has 0 aromatic carbocycles. The molecule has 3 fully saturated rings. The largest absolute Gasteiger partial charge is 0.354 e. The Morgan fingerprint density at radius 1 is 1.30 bits per heavy atom. The van der Waals surface area contributed by atoms with E-state index in [9.17, 15) is 22.8 Å². The van der Waals surface area contributed by atoms with E-state index >= 15 is 0 Å². The van der Waals surface area contributed by atoms with Crippen molar-refractivity contribution in [2.45, 2.75) is 31.0 Å². The second kappa shape index (κ2) is 8.33. The average Bonchev–Trinajstić information content (AvgIpc) is 3.16. The molecule has 3 rings (SSSR count). The van der Waals surface area contributed by atoms with E-state index in [2.05, 4.69) is 16.0 Å². The third-order valence-electron chi connectivity index (χ3n) is 5.01. The molecule has 12 heteroatoms. The number of amides is 3. The van der Waals surface area contributed by atoms with E-state index in [1.807, 2.05) is 0 Å². The lowest BCUT2D eigenvalue weighted by atomic mass is 10.1. The van der Waals surface area contributed by atoms with Crippen molar-refractivity contribution in [3.8, 4) is 0 Å². The SMILES string of the molecule is CS(=O)(=O)N1CCN(C(=O)C2CSCN2)C(C(=O)NC2CCCNC2=O)C1. The minimum absolute atomic E-state index is 0.107. The first-order chi connectivity index (χ1) is 12.8. The summed E-state index contributed by atoms with van der Waals surface area (Å²) < 4.78 is 25.1. The highest BCUT2D eigenvalue weighted by Crippen LogP contribution is 2.19. The quantitative estimate of drug-likeness (QED) is 0.460. The van der Waals surface area contributed by atoms with Crippen molar-refractivity contribution >= 4 is 39.5 Å². The molecular formula is C15H25N5O5S2. The molecule has 0 saturated carbocycles. The van der Waals surface area contributed by atoms with Crippen molar-refractivity contribution in [3.05, 3.63) is 0 Å². The zero-order valence-corrected chi connectivity index (χ0v) is 16.8. The van der Waals surface area contributed by atoms with Gasteiger partial charge in [-0.25, -0.2) is 8.42 Å². The van der Waals surface area contributed by atoms with Crippen LogP contribution in [0, 0.1) is 0 Å². The van der Waals surface area contributed by atoms with Crippen LogP contribution in [0.1, 0.15) is 12.8 Å². The summed E-state index contributed by atoms with van der Waals surface area (Å²) in [7, 11) is -3.49. The number of hydrogen-bond donors (Lipinski definition) is 3. The second-order valence-electron chi connectivity index (χ2n) is 6.93. The van der Waals surface area contributed by atoms with Gasteiger partial charge in [-0.2, -0.15) is 4.31 Å². The summed E-state index contributed by atoms with van der Waals surface area (Å²) in [6.07, 6.45) is 2.36. The zero-order chi connectivity index (χ0) is 19.6. The number of piperazine rings is 1. The van der Waals surface area contributed by atoms with Gasteiger partial charge in [-0.05, 0) is 12.8 Å². The lowest BCUT2D eigenvalue weighted by molar-refractivity contribution is -0.144. The molecule has 3 heterocycles. The van der Waals surface area contributed by atoms with Gasteiger partial charge in [0, 0.05) is 37.8 Å². The van der Waals surface area contributed by atoms with E-state index in [1.54, 1.807) is 11.8 Å². The Hall–Kier alpha value is -1.37. The molecule has 27 heavy (non-hydrogen) atoms. The maximum Gasteiger partial charge on any atom is 0.244 e. The molecule has 3 atom stereocenters. The number of thioether (sulfide) groups is 1. The molecule has 152 valence electrons. The maximum absolute atomic E-state index is 12.9. The van der Waals surface area contributed by atoms with Gasteiger partial charge in [-0.1, -0.05) is 0 Å². The predicted octanol–water partition coefficient (Wildman–Crippen LogP) is -2.48. The third kappa shape index (κ3) is 4.73. The van der Waals surface area contributed by atoms with E-state index in [1.165, 1.54) is 9.21 Å². The second-order valence-corrected chi connectivity index (χ2v) is 9.95. The topological polar surface area (TPSA) is 128 Å². The Morgan fingerprint density at radius 3 is 2.70 bits per heavy atom. The van der Waals surface area contributed by atoms with Crippen molar-refractivity contribution in [1.82, 2.24) is 25.2 Å². The number of rotatable bonds is 4. The molecule has 0 aromatic rings. The van der Waals surface area contributed by atoms with Gasteiger partial charge in [0.05, 0.1) is 12.3 Å². The summed E-state index contributed by atoms with van der Waals surface area (Å²) in [5.74, 6) is 0.325. The average molecular weight is 420 g/mol. The van der Waals surface area contributed by atoms with Crippen LogP contribution in [0.15, 0.2) is 0 Å². The Labute approximate surface area is 162 Å². The van der Waals surface area contributed by atoms with E-state index in [0.29, 0.717) is 24.6 Å². The molecule has 10 nitrogen and oxygen atoms in total. The van der Waals surface area contributed by atoms with Crippen LogP contribution in [0.2, 0.25) is 0 Å². The van der Waals surface area contributed by atoms with E-state index in [0.717, 1.165) is 12.7 Å². The number of carbonyl (C=O) groups excluding carboxylic acids is 3. The first-order valence-electron chi connectivity index (χ1n) is 8.92. The van der Waals surface area contributed by atoms with Crippen molar-refractivity contribution in [3.63, 3.8) is 0 Å². The first-order valence-corrected chi connectivity index (χ1v) is 11.9. The number of carbonyl (C=O) groups is 3. The molecular weight excluding hydrogens is 394 g/mol. The smallest absolute Gasteiger partial charge is 0.244 e. The van der Waals surface area contributed by atoms with Gasteiger partial charge in [-0.15, -0.1) is 11.8 Å². The zero-order valence-electron chi connectivity index (χ0n) is 15.1. The normalized spacial score (nSPS) is 30.0. The van der Waals surface area contributed by atoms with Crippen LogP contribution >= 0.6 is 11.8 Å². The Balaban J connectivity index is 1.76. The van der Waals surface area contributed by atoms with Gasteiger partial charge < -0.3 is 15.5 Å². The fourth-order valence-electron chi connectivity index (χ4n) is 3.48. The summed E-state index contributed by atoms with van der Waals surface area (Å²) in [6.45, 7) is 0.762. The highest BCUT2D eigenvalue weighted by atomic mass is 32.2. The molecule has 0 aromatic heterocycles. The van der Waals surface area contributed by atoms with E-state index < -0.39 is 28.0 Å². The molecule has 3 aliphatic heterocycles. The van der Waals surface area contributed by atoms with Gasteiger partial charge in [0.2, 0.25) is 27.7 Å². The summed E-state index contributed by atoms with van der Waals surface area (Å²) in [4.78, 5) is 39.1. The predicted molar refractivity (Wildman–Crippen MR) is 100 cm³/mol. The number of nitrogens with zero attached hydrogens (tertiary/aromatic N) is 2. The highest BCUT2D eigenvalue weighted by Gasteiger charge is 2.41. The van der Waals surface area contributed by atoms with Crippen LogP contribution in [-0.4, -0.2) is 97.5 Å². The molecule has 3 amide bonds. The molecule has 3 N–H and O–H groups in total. The summed E-state index contributed by atoms with van der Waals surface area (Å²) in [5, 5.41) is 8.48. The van der Waals surface area contributed by atoms with Crippen LogP contribution in [-0.2, 0) is 24.4 Å². The van der Waals surface area contributed by atoms with Crippen LogP contribution in [0.4, 0.5) is 0 Å². The maximum atomic E-state index is 12.9. The van der Waals surface area contributed by atoms with Crippen molar-refractivity contribution < 1.29 is 22.8 Å². The van der Waals surface area contributed by atoms with Gasteiger partial charge in [0.1, 0.15) is 12.1 Å². The minimum Gasteiger partial charge on any atom is -0.354 e. The Bertz CT molecular complexity index is 709.